The van der Waals surface area contributed by atoms with Gasteiger partial charge in [-0.05, 0) is 11.6 Å². The average molecular weight is 302 g/mol. The van der Waals surface area contributed by atoms with Crippen LogP contribution >= 0.6 is 11.8 Å². The van der Waals surface area contributed by atoms with E-state index in [9.17, 15) is 4.79 Å². The first-order valence-corrected chi connectivity index (χ1v) is 7.01. The van der Waals surface area contributed by atoms with Crippen LogP contribution in [0, 0.1) is 0 Å². The van der Waals surface area contributed by atoms with Gasteiger partial charge in [0.25, 0.3) is 0 Å². The molecule has 1 aromatic carbocycles. The van der Waals surface area contributed by atoms with Gasteiger partial charge in [0.05, 0.1) is 0 Å². The molecule has 0 saturated heterocycles. The van der Waals surface area contributed by atoms with Crippen molar-refractivity contribution in [1.29, 1.82) is 0 Å². The highest BCUT2D eigenvalue weighted by Gasteiger charge is 2.22. The fourth-order valence-corrected chi connectivity index (χ4v) is 2.53. The molecule has 21 heavy (non-hydrogen) atoms. The Morgan fingerprint density at radius 3 is 2.52 bits per heavy atom. The molecule has 0 fully saturated rings. The number of carbonyl (C=O) groups is 1. The first kappa shape index (κ1) is 16.6. The van der Waals surface area contributed by atoms with Crippen molar-refractivity contribution in [2.45, 2.75) is 5.25 Å². The van der Waals surface area contributed by atoms with Crippen molar-refractivity contribution in [3.8, 4) is 0 Å². The van der Waals surface area contributed by atoms with Crippen LogP contribution in [0.3, 0.4) is 0 Å². The van der Waals surface area contributed by atoms with Gasteiger partial charge in [-0.2, -0.15) is 0 Å². The monoisotopic (exact) mass is 302 g/mol. The Morgan fingerprint density at radius 2 is 2.00 bits per heavy atom. The third kappa shape index (κ3) is 5.19. The number of nitrogens with two attached hydrogens (primary N) is 2. The highest BCUT2D eigenvalue weighted by atomic mass is 32.2. The summed E-state index contributed by atoms with van der Waals surface area (Å²) < 4.78 is 0. The molecule has 0 aromatic heterocycles. The van der Waals surface area contributed by atoms with Crippen molar-refractivity contribution < 1.29 is 4.79 Å². The summed E-state index contributed by atoms with van der Waals surface area (Å²) in [6.45, 7) is 7.37. The molecule has 0 saturated carbocycles. The van der Waals surface area contributed by atoms with E-state index in [2.05, 4.69) is 23.6 Å². The Balaban J connectivity index is 3.06. The molecule has 6 heteroatoms. The Morgan fingerprint density at radius 1 is 1.33 bits per heavy atom. The van der Waals surface area contributed by atoms with Gasteiger partial charge in [0.1, 0.15) is 5.25 Å². The van der Waals surface area contributed by atoms with Crippen LogP contribution in [0.4, 0.5) is 0 Å². The van der Waals surface area contributed by atoms with Gasteiger partial charge in [-0.25, -0.2) is 0 Å². The van der Waals surface area contributed by atoms with Crippen molar-refractivity contribution in [1.82, 2.24) is 5.32 Å². The number of hydrogen-bond donors (Lipinski definition) is 3. The third-order valence-corrected chi connectivity index (χ3v) is 3.76. The SMILES string of the molecule is C=C/C=C(\C=C)SC(C(=O)N/C(N)=N/N)c1ccccc1. The third-order valence-electron chi connectivity index (χ3n) is 2.47. The van der Waals surface area contributed by atoms with Crippen molar-refractivity contribution in [3.63, 3.8) is 0 Å². The number of hydrazone groups is 1. The molecule has 0 bridgehead atoms. The summed E-state index contributed by atoms with van der Waals surface area (Å²) in [5.41, 5.74) is 6.28. The molecule has 0 aliphatic rings. The summed E-state index contributed by atoms with van der Waals surface area (Å²) in [5.74, 6) is 4.59. The van der Waals surface area contributed by atoms with Crippen LogP contribution in [-0.2, 0) is 4.79 Å². The Hall–Kier alpha value is -2.47. The number of guanidine groups is 1. The van der Waals surface area contributed by atoms with Gasteiger partial charge in [-0.1, -0.05) is 55.6 Å². The highest BCUT2D eigenvalue weighted by molar-refractivity contribution is 8.04. The largest absolute Gasteiger partial charge is 0.368 e. The standard InChI is InChI=1S/C15H18N4OS/c1-3-8-12(4-2)21-13(11-9-6-5-7-10-11)14(20)18-15(16)19-17/h3-10,13H,1-2,17H2,(H3,16,18,19,20)/b12-8+. The second-order valence-corrected chi connectivity index (χ2v) is 5.10. The van der Waals surface area contributed by atoms with E-state index in [1.54, 1.807) is 18.2 Å². The lowest BCUT2D eigenvalue weighted by Gasteiger charge is -2.16. The average Bonchev–Trinajstić information content (AvgIpc) is 2.51. The lowest BCUT2D eigenvalue weighted by Crippen LogP contribution is -2.39. The van der Waals surface area contributed by atoms with Crippen LogP contribution in [0.2, 0.25) is 0 Å². The van der Waals surface area contributed by atoms with Gasteiger partial charge in [0.15, 0.2) is 0 Å². The fourth-order valence-electron chi connectivity index (χ4n) is 1.53. The summed E-state index contributed by atoms with van der Waals surface area (Å²) in [7, 11) is 0. The minimum atomic E-state index is -0.504. The number of rotatable bonds is 6. The first-order valence-electron chi connectivity index (χ1n) is 6.13. The number of thioether (sulfide) groups is 1. The van der Waals surface area contributed by atoms with E-state index >= 15 is 0 Å². The van der Waals surface area contributed by atoms with E-state index in [1.807, 2.05) is 30.3 Å². The topological polar surface area (TPSA) is 93.5 Å². The number of amides is 1. The number of nitrogens with one attached hydrogen (secondary N) is 1. The Labute approximate surface area is 128 Å². The number of nitrogens with zero attached hydrogens (tertiary/aromatic N) is 1. The summed E-state index contributed by atoms with van der Waals surface area (Å²) in [6.07, 6.45) is 5.08. The maximum Gasteiger partial charge on any atom is 0.244 e. The van der Waals surface area contributed by atoms with E-state index in [4.69, 9.17) is 11.6 Å². The van der Waals surface area contributed by atoms with E-state index in [-0.39, 0.29) is 11.9 Å². The van der Waals surface area contributed by atoms with Gasteiger partial charge >= 0.3 is 0 Å². The maximum absolute atomic E-state index is 12.3. The van der Waals surface area contributed by atoms with E-state index in [1.165, 1.54) is 11.8 Å². The molecule has 5 N–H and O–H groups in total. The maximum atomic E-state index is 12.3. The summed E-state index contributed by atoms with van der Waals surface area (Å²) in [5, 5.41) is 5.19. The molecule has 0 heterocycles. The number of benzene rings is 1. The van der Waals surface area contributed by atoms with E-state index in [0.29, 0.717) is 0 Å². The van der Waals surface area contributed by atoms with Crippen LogP contribution in [0.25, 0.3) is 0 Å². The lowest BCUT2D eigenvalue weighted by atomic mass is 10.1. The van der Waals surface area contributed by atoms with Crippen LogP contribution in [0.5, 0.6) is 0 Å². The van der Waals surface area contributed by atoms with Crippen molar-refractivity contribution in [2.24, 2.45) is 16.7 Å². The molecule has 0 aliphatic heterocycles. The minimum absolute atomic E-state index is 0.130. The van der Waals surface area contributed by atoms with Crippen LogP contribution < -0.4 is 16.9 Å². The zero-order chi connectivity index (χ0) is 15.7. The van der Waals surface area contributed by atoms with Crippen molar-refractivity contribution in [2.75, 3.05) is 0 Å². The second kappa shape index (κ2) is 8.65. The quantitative estimate of drug-likeness (QED) is 0.246. The van der Waals surface area contributed by atoms with Gasteiger partial charge < -0.3 is 11.6 Å². The molecular weight excluding hydrogens is 284 g/mol. The second-order valence-electron chi connectivity index (χ2n) is 3.92. The van der Waals surface area contributed by atoms with Crippen LogP contribution in [0.15, 0.2) is 71.7 Å². The zero-order valence-electron chi connectivity index (χ0n) is 11.5. The summed E-state index contributed by atoms with van der Waals surface area (Å²) >= 11 is 1.34. The molecule has 1 amide bonds. The van der Waals surface area contributed by atoms with E-state index in [0.717, 1.165) is 10.5 Å². The number of carbonyl (C=O) groups excluding carboxylic acids is 1. The molecule has 0 spiro atoms. The molecule has 0 aliphatic carbocycles. The Kier molecular flexibility index (Phi) is 6.83. The molecule has 1 aromatic rings. The fraction of sp³-hybridized carbons (Fsp3) is 0.0667. The molecule has 1 atom stereocenters. The van der Waals surface area contributed by atoms with Gasteiger partial charge in [-0.15, -0.1) is 16.9 Å². The predicted octanol–water partition coefficient (Wildman–Crippen LogP) is 2.02. The van der Waals surface area contributed by atoms with Crippen LogP contribution in [0.1, 0.15) is 10.8 Å². The van der Waals surface area contributed by atoms with Gasteiger partial charge in [0, 0.05) is 4.91 Å². The van der Waals surface area contributed by atoms with Crippen LogP contribution in [-0.4, -0.2) is 11.9 Å². The molecule has 0 radical (unpaired) electrons. The lowest BCUT2D eigenvalue weighted by molar-refractivity contribution is -0.119. The number of hydrogen-bond acceptors (Lipinski definition) is 4. The first-order chi connectivity index (χ1) is 10.1. The van der Waals surface area contributed by atoms with Crippen molar-refractivity contribution in [3.05, 3.63) is 72.2 Å². The molecule has 1 unspecified atom stereocenters. The smallest absolute Gasteiger partial charge is 0.244 e. The normalized spacial score (nSPS) is 13.3. The van der Waals surface area contributed by atoms with E-state index < -0.39 is 5.25 Å². The molecule has 1 rings (SSSR count). The molecule has 5 nitrogen and oxygen atoms in total. The molecule has 110 valence electrons. The zero-order valence-corrected chi connectivity index (χ0v) is 12.3. The minimum Gasteiger partial charge on any atom is -0.368 e. The highest BCUT2D eigenvalue weighted by Crippen LogP contribution is 2.35. The predicted molar refractivity (Wildman–Crippen MR) is 89.2 cm³/mol. The summed E-state index contributed by atoms with van der Waals surface area (Å²) in [4.78, 5) is 13.1. The summed E-state index contributed by atoms with van der Waals surface area (Å²) in [6, 6.07) is 9.33. The van der Waals surface area contributed by atoms with Crippen molar-refractivity contribution >= 4 is 23.6 Å². The molecular formula is C15H18N4OS. The Bertz CT molecular complexity index is 566. The number of allylic oxidation sites excluding steroid dienone is 3. The van der Waals surface area contributed by atoms with Gasteiger partial charge in [0.2, 0.25) is 11.9 Å². The van der Waals surface area contributed by atoms with Gasteiger partial charge in [-0.3, -0.25) is 10.1 Å².